The fourth-order valence-corrected chi connectivity index (χ4v) is 6.70. The number of amides is 1. The first-order valence-corrected chi connectivity index (χ1v) is 13.2. The Balaban J connectivity index is 1.21. The zero-order valence-corrected chi connectivity index (χ0v) is 21.1. The number of pyridine rings is 1. The van der Waals surface area contributed by atoms with Crippen molar-refractivity contribution in [3.05, 3.63) is 88.3 Å². The molecule has 2 bridgehead atoms. The number of aromatic nitrogens is 1. The lowest BCUT2D eigenvalue weighted by atomic mass is 9.83. The molecule has 9 heteroatoms. The molecular formula is C27H25N3O4S2. The highest BCUT2D eigenvalue weighted by molar-refractivity contribution is 8.23. The third kappa shape index (κ3) is 4.49. The summed E-state index contributed by atoms with van der Waals surface area (Å²) in [7, 11) is 0. The number of hydrogen-bond donors (Lipinski definition) is 1. The predicted octanol–water partition coefficient (Wildman–Crippen LogP) is 4.39. The van der Waals surface area contributed by atoms with Gasteiger partial charge >= 0.3 is 0 Å². The summed E-state index contributed by atoms with van der Waals surface area (Å²) < 4.78 is 13.4. The van der Waals surface area contributed by atoms with Crippen molar-refractivity contribution in [1.82, 2.24) is 9.47 Å². The molecule has 1 aromatic heterocycles. The molecule has 3 aliphatic heterocycles. The second kappa shape index (κ2) is 9.63. The van der Waals surface area contributed by atoms with E-state index in [1.807, 2.05) is 53.1 Å². The molecule has 1 N–H and O–H groups in total. The van der Waals surface area contributed by atoms with Gasteiger partial charge in [-0.25, -0.2) is 0 Å². The summed E-state index contributed by atoms with van der Waals surface area (Å²) in [4.78, 5) is 28.1. The molecule has 0 radical (unpaired) electrons. The van der Waals surface area contributed by atoms with Crippen LogP contribution >= 0.6 is 24.0 Å². The average Bonchev–Trinajstić information content (AvgIpc) is 3.36. The molecule has 3 aliphatic rings. The predicted molar refractivity (Wildman–Crippen MR) is 144 cm³/mol. The van der Waals surface area contributed by atoms with Crippen molar-refractivity contribution in [1.29, 1.82) is 0 Å². The topological polar surface area (TPSA) is 72.8 Å². The Bertz CT molecular complexity index is 1380. The highest BCUT2D eigenvalue weighted by Gasteiger charge is 2.36. The number of anilines is 1. The van der Waals surface area contributed by atoms with Gasteiger partial charge in [-0.3, -0.25) is 9.59 Å². The maximum Gasteiger partial charge on any atom is 0.250 e. The lowest BCUT2D eigenvalue weighted by Crippen LogP contribution is -2.48. The Kier molecular flexibility index (Phi) is 6.18. The maximum absolute atomic E-state index is 13.5. The number of thioether (sulfide) groups is 1. The lowest BCUT2D eigenvalue weighted by Gasteiger charge is -2.43. The van der Waals surface area contributed by atoms with Gasteiger partial charge in [0.2, 0.25) is 12.7 Å². The van der Waals surface area contributed by atoms with Gasteiger partial charge in [-0.2, -0.15) is 0 Å². The third-order valence-electron chi connectivity index (χ3n) is 6.94. The summed E-state index contributed by atoms with van der Waals surface area (Å²) in [5.74, 6) is 1.74. The molecule has 3 atom stereocenters. The fourth-order valence-electron chi connectivity index (χ4n) is 5.30. The van der Waals surface area contributed by atoms with Crippen LogP contribution in [-0.2, 0) is 11.3 Å². The van der Waals surface area contributed by atoms with Crippen molar-refractivity contribution >= 4 is 39.9 Å². The minimum absolute atomic E-state index is 0.0666. The zero-order chi connectivity index (χ0) is 24.6. The lowest BCUT2D eigenvalue weighted by molar-refractivity contribution is -0.115. The van der Waals surface area contributed by atoms with E-state index in [1.54, 1.807) is 18.2 Å². The molecule has 6 rings (SSSR count). The van der Waals surface area contributed by atoms with Crippen molar-refractivity contribution in [3.63, 3.8) is 0 Å². The summed E-state index contributed by atoms with van der Waals surface area (Å²) >= 11 is 7.31. The first kappa shape index (κ1) is 23.1. The van der Waals surface area contributed by atoms with Gasteiger partial charge in [0, 0.05) is 49.1 Å². The number of likely N-dealkylation sites (tertiary alicyclic amines) is 1. The van der Waals surface area contributed by atoms with E-state index in [9.17, 15) is 9.59 Å². The Morgan fingerprint density at radius 2 is 1.83 bits per heavy atom. The number of piperidine rings is 1. The highest BCUT2D eigenvalue weighted by Crippen LogP contribution is 2.39. The van der Waals surface area contributed by atoms with E-state index < -0.39 is 5.25 Å². The van der Waals surface area contributed by atoms with Crippen LogP contribution in [0.2, 0.25) is 0 Å². The summed E-state index contributed by atoms with van der Waals surface area (Å²) in [6, 6.07) is 20.6. The minimum atomic E-state index is -0.513. The van der Waals surface area contributed by atoms with Crippen molar-refractivity contribution < 1.29 is 14.3 Å². The van der Waals surface area contributed by atoms with Gasteiger partial charge in [0.1, 0.15) is 9.57 Å². The van der Waals surface area contributed by atoms with Gasteiger partial charge in [-0.1, -0.05) is 60.4 Å². The van der Waals surface area contributed by atoms with Crippen LogP contribution in [0.3, 0.4) is 0 Å². The number of thiocarbonyl (C=S) groups is 1. The Hall–Kier alpha value is -3.30. The molecule has 1 fully saturated rings. The second-order valence-electron chi connectivity index (χ2n) is 9.33. The smallest absolute Gasteiger partial charge is 0.250 e. The molecule has 1 amide bonds. The average molecular weight is 520 g/mol. The molecule has 184 valence electrons. The maximum atomic E-state index is 13.5. The first-order valence-electron chi connectivity index (χ1n) is 12.0. The number of benzene rings is 2. The summed E-state index contributed by atoms with van der Waals surface area (Å²) in [5.41, 5.74) is 2.68. The van der Waals surface area contributed by atoms with E-state index in [-0.39, 0.29) is 24.2 Å². The van der Waals surface area contributed by atoms with Crippen LogP contribution in [-0.4, -0.2) is 39.6 Å². The van der Waals surface area contributed by atoms with E-state index in [2.05, 4.69) is 10.2 Å². The van der Waals surface area contributed by atoms with Gasteiger partial charge in [0.25, 0.3) is 5.56 Å². The van der Waals surface area contributed by atoms with Crippen molar-refractivity contribution in [2.45, 2.75) is 24.1 Å². The second-order valence-corrected chi connectivity index (χ2v) is 11.1. The van der Waals surface area contributed by atoms with Gasteiger partial charge in [-0.15, -0.1) is 0 Å². The van der Waals surface area contributed by atoms with E-state index in [0.29, 0.717) is 34.0 Å². The van der Waals surface area contributed by atoms with Crippen LogP contribution in [0.5, 0.6) is 11.5 Å². The largest absolute Gasteiger partial charge is 0.454 e. The molecule has 0 aliphatic carbocycles. The number of nitrogens with one attached hydrogen (secondary N) is 1. The van der Waals surface area contributed by atoms with Crippen molar-refractivity contribution in [2.75, 3.05) is 25.2 Å². The molecule has 0 spiro atoms. The van der Waals surface area contributed by atoms with Gasteiger partial charge in [-0.05, 0) is 36.1 Å². The molecule has 4 heterocycles. The highest BCUT2D eigenvalue weighted by atomic mass is 32.2. The molecule has 1 saturated heterocycles. The van der Waals surface area contributed by atoms with Crippen LogP contribution < -0.4 is 20.3 Å². The number of rotatable bonds is 4. The number of nitrogens with zero attached hydrogens (tertiary/aromatic N) is 2. The van der Waals surface area contributed by atoms with Gasteiger partial charge in [0.15, 0.2) is 11.5 Å². The third-order valence-corrected chi connectivity index (χ3v) is 8.67. The number of ether oxygens (including phenoxy) is 2. The van der Waals surface area contributed by atoms with Crippen LogP contribution in [0, 0.1) is 5.92 Å². The minimum Gasteiger partial charge on any atom is -0.454 e. The van der Waals surface area contributed by atoms with Gasteiger partial charge < -0.3 is 24.3 Å². The Labute approximate surface area is 218 Å². The molecule has 7 nitrogen and oxygen atoms in total. The van der Waals surface area contributed by atoms with Crippen LogP contribution in [0.15, 0.2) is 71.5 Å². The number of hydrogen-bond acceptors (Lipinski definition) is 6. The molecule has 0 saturated carbocycles. The molecule has 0 unspecified atom stereocenters. The quantitative estimate of drug-likeness (QED) is 0.513. The van der Waals surface area contributed by atoms with Crippen LogP contribution in [0.25, 0.3) is 0 Å². The number of carbonyl (C=O) groups is 1. The fraction of sp³-hybridized carbons (Fsp3) is 0.296. The van der Waals surface area contributed by atoms with Crippen molar-refractivity contribution in [2.24, 2.45) is 5.92 Å². The molecule has 3 aromatic rings. The van der Waals surface area contributed by atoms with Gasteiger partial charge in [0.05, 0.1) is 0 Å². The van der Waals surface area contributed by atoms with E-state index >= 15 is 0 Å². The summed E-state index contributed by atoms with van der Waals surface area (Å²) in [5, 5.41) is 2.51. The van der Waals surface area contributed by atoms with E-state index in [4.69, 9.17) is 21.7 Å². The first-order chi connectivity index (χ1) is 17.5. The van der Waals surface area contributed by atoms with Crippen LogP contribution in [0.4, 0.5) is 5.69 Å². The summed E-state index contributed by atoms with van der Waals surface area (Å²) in [6.07, 6.45) is 1.06. The van der Waals surface area contributed by atoms with E-state index in [1.165, 1.54) is 11.8 Å². The normalized spacial score (nSPS) is 20.4. The monoisotopic (exact) mass is 519 g/mol. The number of carbonyl (C=O) groups excluding carboxylic acids is 1. The number of fused-ring (bicyclic) bond motifs is 5. The summed E-state index contributed by atoms with van der Waals surface area (Å²) in [6.45, 7) is 2.42. The standard InChI is InChI=1S/C27H25N3O4S2/c31-24-8-4-7-21-19-11-17(14-30(21)24)13-29(15-19)27(35)36-25(18-5-2-1-3-6-18)26(32)28-20-9-10-22-23(12-20)34-16-33-22/h1-10,12,17,19,25H,11,13-16H2,(H,28,32)/t17-,19-,25+/m0/s1. The van der Waals surface area contributed by atoms with E-state index in [0.717, 1.165) is 30.8 Å². The Morgan fingerprint density at radius 1 is 1.00 bits per heavy atom. The SMILES string of the molecule is O=C(Nc1ccc2c(c1)OCO2)[C@H](SC(=S)N1C[C@@H]2C[C@@H](C1)c1cccc(=O)n1C2)c1ccccc1. The zero-order valence-electron chi connectivity index (χ0n) is 19.5. The van der Waals surface area contributed by atoms with Crippen molar-refractivity contribution in [3.8, 4) is 11.5 Å². The Morgan fingerprint density at radius 3 is 2.69 bits per heavy atom. The molecule has 2 aromatic carbocycles. The molecule has 36 heavy (non-hydrogen) atoms. The van der Waals surface area contributed by atoms with Crippen LogP contribution in [0.1, 0.15) is 28.8 Å². The molecular weight excluding hydrogens is 494 g/mol.